The second-order valence-corrected chi connectivity index (χ2v) is 9.62. The molecule has 4 aliphatic carbocycles. The first-order valence-corrected chi connectivity index (χ1v) is 10.5. The number of nitrogens with zero attached hydrogens (tertiary/aromatic N) is 1. The lowest BCUT2D eigenvalue weighted by atomic mass is 9.55. The summed E-state index contributed by atoms with van der Waals surface area (Å²) in [7, 11) is 0. The number of ketones is 1. The van der Waals surface area contributed by atoms with E-state index < -0.39 is 5.60 Å². The highest BCUT2D eigenvalue weighted by Gasteiger charge is 2.70. The van der Waals surface area contributed by atoms with Gasteiger partial charge in [0.1, 0.15) is 0 Å². The van der Waals surface area contributed by atoms with E-state index in [1.165, 1.54) is 24.9 Å². The average molecular weight is 369 g/mol. The van der Waals surface area contributed by atoms with E-state index in [0.29, 0.717) is 24.6 Å². The molecular formula is C22H27NO4. The van der Waals surface area contributed by atoms with Crippen LogP contribution < -0.4 is 4.74 Å². The lowest BCUT2D eigenvalue weighted by Crippen LogP contribution is -2.72. The predicted molar refractivity (Wildman–Crippen MR) is 99.0 cm³/mol. The number of phenolic OH excluding ortho intramolecular Hbond substituents is 1. The molecule has 2 N–H and O–H groups in total. The van der Waals surface area contributed by atoms with Crippen molar-refractivity contribution in [2.45, 2.75) is 62.5 Å². The number of aliphatic hydroxyl groups is 1. The summed E-state index contributed by atoms with van der Waals surface area (Å²) in [4.78, 5) is 16.0. The fourth-order valence-electron chi connectivity index (χ4n) is 6.68. The SMILES string of the molecule is O=C(CCCO)[C@@]12CC34Cc5ccc(O)c(c5C1CC3N(CC1CC1)C4)O2. The highest BCUT2D eigenvalue weighted by Crippen LogP contribution is 2.67. The van der Waals surface area contributed by atoms with Gasteiger partial charge in [0.05, 0.1) is 0 Å². The number of aliphatic hydroxyl groups excluding tert-OH is 1. The molecule has 4 bridgehead atoms. The third kappa shape index (κ3) is 2.05. The molecule has 5 heteroatoms. The minimum absolute atomic E-state index is 0.0267. The second kappa shape index (κ2) is 5.26. The first-order valence-electron chi connectivity index (χ1n) is 10.5. The highest BCUT2D eigenvalue weighted by atomic mass is 16.5. The van der Waals surface area contributed by atoms with Crippen LogP contribution in [0.5, 0.6) is 11.5 Å². The summed E-state index contributed by atoms with van der Waals surface area (Å²) in [5, 5.41) is 19.7. The van der Waals surface area contributed by atoms with Crippen molar-refractivity contribution in [3.63, 3.8) is 0 Å². The van der Waals surface area contributed by atoms with E-state index in [2.05, 4.69) is 11.0 Å². The van der Waals surface area contributed by atoms with Crippen LogP contribution in [0, 0.1) is 11.3 Å². The Morgan fingerprint density at radius 3 is 2.96 bits per heavy atom. The van der Waals surface area contributed by atoms with Gasteiger partial charge in [0.2, 0.25) is 0 Å². The van der Waals surface area contributed by atoms with E-state index in [0.717, 1.165) is 37.3 Å². The average Bonchev–Trinajstić information content (AvgIpc) is 3.41. The van der Waals surface area contributed by atoms with Crippen LogP contribution in [-0.4, -0.2) is 52.2 Å². The molecule has 1 spiro atoms. The van der Waals surface area contributed by atoms with Gasteiger partial charge in [-0.2, -0.15) is 0 Å². The molecule has 3 fully saturated rings. The minimum Gasteiger partial charge on any atom is -0.504 e. The van der Waals surface area contributed by atoms with Gasteiger partial charge in [0.25, 0.3) is 0 Å². The van der Waals surface area contributed by atoms with Crippen molar-refractivity contribution in [1.82, 2.24) is 4.90 Å². The number of phenols is 1. The molecule has 0 amide bonds. The van der Waals surface area contributed by atoms with Crippen molar-refractivity contribution < 1.29 is 19.7 Å². The number of hydrogen-bond acceptors (Lipinski definition) is 5. The van der Waals surface area contributed by atoms with Crippen molar-refractivity contribution in [3.05, 3.63) is 23.3 Å². The van der Waals surface area contributed by atoms with Crippen LogP contribution in [0.3, 0.4) is 0 Å². The van der Waals surface area contributed by atoms with Crippen LogP contribution >= 0.6 is 0 Å². The first-order chi connectivity index (χ1) is 13.1. The van der Waals surface area contributed by atoms with Crippen molar-refractivity contribution in [2.24, 2.45) is 11.3 Å². The molecule has 6 aliphatic rings. The third-order valence-corrected chi connectivity index (χ3v) is 7.97. The summed E-state index contributed by atoms with van der Waals surface area (Å²) in [6.45, 7) is 2.30. The molecule has 3 unspecified atom stereocenters. The molecule has 0 radical (unpaired) electrons. The number of benzene rings is 1. The van der Waals surface area contributed by atoms with Gasteiger partial charge in [-0.1, -0.05) is 6.07 Å². The maximum absolute atomic E-state index is 13.3. The molecule has 7 rings (SSSR count). The zero-order valence-corrected chi connectivity index (χ0v) is 15.6. The smallest absolute Gasteiger partial charge is 0.177 e. The summed E-state index contributed by atoms with van der Waals surface area (Å²) in [5.74, 6) is 1.76. The number of aromatic hydroxyl groups is 1. The Balaban J connectivity index is 1.43. The standard InChI is InChI=1S/C22H27NO4/c24-7-1-2-18(26)22-11-21-9-14-5-6-16(25)20(27-22)19(14)15(22)8-17(21)23(12-21)10-13-3-4-13/h5-6,13,15,17,24-25H,1-4,7-12H2/t15?,17?,21?,22-/m1/s1. The topological polar surface area (TPSA) is 70.0 Å². The molecule has 2 saturated carbocycles. The molecule has 27 heavy (non-hydrogen) atoms. The summed E-state index contributed by atoms with van der Waals surface area (Å²) in [5.41, 5.74) is 1.67. The van der Waals surface area contributed by atoms with E-state index in [9.17, 15) is 15.0 Å². The predicted octanol–water partition coefficient (Wildman–Crippen LogP) is 2.38. The van der Waals surface area contributed by atoms with Crippen molar-refractivity contribution in [3.8, 4) is 11.5 Å². The Kier molecular flexibility index (Phi) is 3.19. The van der Waals surface area contributed by atoms with E-state index in [4.69, 9.17) is 4.74 Å². The monoisotopic (exact) mass is 369 g/mol. The van der Waals surface area contributed by atoms with Crippen LogP contribution in [0.1, 0.15) is 55.6 Å². The molecule has 1 aromatic carbocycles. The summed E-state index contributed by atoms with van der Waals surface area (Å²) in [6, 6.07) is 4.32. The molecule has 144 valence electrons. The number of carbonyl (C=O) groups is 1. The van der Waals surface area contributed by atoms with Gasteiger partial charge in [0.15, 0.2) is 22.9 Å². The van der Waals surface area contributed by atoms with Crippen molar-refractivity contribution in [2.75, 3.05) is 19.7 Å². The molecule has 2 heterocycles. The van der Waals surface area contributed by atoms with E-state index in [1.807, 2.05) is 0 Å². The Hall–Kier alpha value is -1.59. The molecular weight excluding hydrogens is 342 g/mol. The van der Waals surface area contributed by atoms with E-state index >= 15 is 0 Å². The van der Waals surface area contributed by atoms with Gasteiger partial charge in [-0.05, 0) is 49.7 Å². The summed E-state index contributed by atoms with van der Waals surface area (Å²) >= 11 is 0. The Labute approximate surface area is 159 Å². The lowest BCUT2D eigenvalue weighted by molar-refractivity contribution is -0.170. The molecule has 1 aromatic rings. The highest BCUT2D eigenvalue weighted by molar-refractivity contribution is 5.91. The number of carbonyl (C=O) groups excluding carboxylic acids is 1. The van der Waals surface area contributed by atoms with Gasteiger partial charge in [0, 0.05) is 55.5 Å². The maximum atomic E-state index is 13.3. The normalized spacial score (nSPS) is 38.1. The number of hydrogen-bond donors (Lipinski definition) is 2. The van der Waals surface area contributed by atoms with Crippen LogP contribution in [0.15, 0.2) is 12.1 Å². The Morgan fingerprint density at radius 1 is 1.33 bits per heavy atom. The Bertz CT molecular complexity index is 834. The van der Waals surface area contributed by atoms with Gasteiger partial charge in [-0.15, -0.1) is 0 Å². The summed E-state index contributed by atoms with van der Waals surface area (Å²) in [6.07, 6.45) is 6.28. The van der Waals surface area contributed by atoms with Crippen molar-refractivity contribution >= 4 is 5.78 Å². The van der Waals surface area contributed by atoms with Crippen LogP contribution in [0.4, 0.5) is 0 Å². The third-order valence-electron chi connectivity index (χ3n) is 7.97. The number of ether oxygens (including phenoxy) is 1. The van der Waals surface area contributed by atoms with E-state index in [-0.39, 0.29) is 29.5 Å². The quantitative estimate of drug-likeness (QED) is 0.806. The first kappa shape index (κ1) is 16.4. The molecule has 5 nitrogen and oxygen atoms in total. The second-order valence-electron chi connectivity index (χ2n) is 9.62. The lowest BCUT2D eigenvalue weighted by Gasteiger charge is -2.63. The minimum atomic E-state index is -0.830. The van der Waals surface area contributed by atoms with Crippen LogP contribution in [-0.2, 0) is 11.2 Å². The largest absolute Gasteiger partial charge is 0.504 e. The summed E-state index contributed by atoms with van der Waals surface area (Å²) < 4.78 is 6.38. The van der Waals surface area contributed by atoms with Gasteiger partial charge < -0.3 is 14.9 Å². The van der Waals surface area contributed by atoms with Crippen LogP contribution in [0.2, 0.25) is 0 Å². The molecule has 4 atom stereocenters. The fourth-order valence-corrected chi connectivity index (χ4v) is 6.68. The fraction of sp³-hybridized carbons (Fsp3) is 0.682. The molecule has 1 saturated heterocycles. The van der Waals surface area contributed by atoms with Gasteiger partial charge >= 0.3 is 0 Å². The maximum Gasteiger partial charge on any atom is 0.177 e. The van der Waals surface area contributed by atoms with Gasteiger partial charge in [-0.25, -0.2) is 0 Å². The van der Waals surface area contributed by atoms with E-state index in [1.54, 1.807) is 6.07 Å². The number of rotatable bonds is 6. The van der Waals surface area contributed by atoms with Crippen molar-refractivity contribution in [1.29, 1.82) is 0 Å². The van der Waals surface area contributed by atoms with Crippen LogP contribution in [0.25, 0.3) is 0 Å². The number of Topliss-reactive ketones (excluding diaryl/α,β-unsaturated/α-hetero) is 1. The zero-order valence-electron chi connectivity index (χ0n) is 15.6. The zero-order chi connectivity index (χ0) is 18.4. The molecule has 0 aromatic heterocycles. The number of likely N-dealkylation sites (tertiary alicyclic amines) is 1. The molecule has 2 aliphatic heterocycles. The Morgan fingerprint density at radius 2 is 2.19 bits per heavy atom. The van der Waals surface area contributed by atoms with Gasteiger partial charge in [-0.3, -0.25) is 9.69 Å².